The molecule has 0 spiro atoms. The van der Waals surface area contributed by atoms with E-state index in [1.807, 2.05) is 47.8 Å². The van der Waals surface area contributed by atoms with Crippen molar-refractivity contribution >= 4 is 17.1 Å². The Morgan fingerprint density at radius 1 is 1.11 bits per heavy atom. The molecule has 0 saturated carbocycles. The van der Waals surface area contributed by atoms with Gasteiger partial charge < -0.3 is 4.74 Å². The number of carbonyl (C=O) groups excluding carboxylic acids is 1. The number of ether oxygens (including phenoxy) is 1. The minimum Gasteiger partial charge on any atom is -0.497 e. The number of allylic oxidation sites excluding steroid dienone is 3. The number of hydrogen-bond acceptors (Lipinski definition) is 3. The quantitative estimate of drug-likeness (QED) is 0.340. The molecule has 96 valence electrons. The molecule has 0 bridgehead atoms. The zero-order chi connectivity index (χ0) is 13.3. The largest absolute Gasteiger partial charge is 0.497 e. The van der Waals surface area contributed by atoms with E-state index in [1.165, 1.54) is 17.4 Å². The molecule has 0 unspecified atom stereocenters. The summed E-state index contributed by atoms with van der Waals surface area (Å²) >= 11 is 1.44. The van der Waals surface area contributed by atoms with Gasteiger partial charge in [0.15, 0.2) is 5.78 Å². The highest BCUT2D eigenvalue weighted by atomic mass is 32.1. The van der Waals surface area contributed by atoms with Gasteiger partial charge in [0, 0.05) is 0 Å². The van der Waals surface area contributed by atoms with Crippen LogP contribution < -0.4 is 0 Å². The highest BCUT2D eigenvalue weighted by Gasteiger charge is 1.99. The first-order valence-electron chi connectivity index (χ1n) is 5.93. The highest BCUT2D eigenvalue weighted by molar-refractivity contribution is 7.12. The smallest absolute Gasteiger partial charge is 0.195 e. The Balaban J connectivity index is 1.73. The summed E-state index contributed by atoms with van der Waals surface area (Å²) in [6, 6.07) is 13.6. The van der Waals surface area contributed by atoms with E-state index in [0.717, 1.165) is 10.4 Å². The molecule has 2 aromatic rings. The topological polar surface area (TPSA) is 26.3 Å². The summed E-state index contributed by atoms with van der Waals surface area (Å²) in [6.45, 7) is 0.532. The number of benzene rings is 1. The lowest BCUT2D eigenvalue weighted by Crippen LogP contribution is -1.88. The zero-order valence-electron chi connectivity index (χ0n) is 10.4. The summed E-state index contributed by atoms with van der Waals surface area (Å²) in [5.74, 6) is 0.0164. The second kappa shape index (κ2) is 7.34. The van der Waals surface area contributed by atoms with Crippen molar-refractivity contribution in [3.63, 3.8) is 0 Å². The molecule has 1 heterocycles. The van der Waals surface area contributed by atoms with Crippen LogP contribution in [0.1, 0.15) is 15.2 Å². The maximum absolute atomic E-state index is 11.6. The molecule has 0 radical (unpaired) electrons. The van der Waals surface area contributed by atoms with E-state index in [0.29, 0.717) is 6.61 Å². The number of rotatable bonds is 6. The van der Waals surface area contributed by atoms with Crippen molar-refractivity contribution in [2.24, 2.45) is 0 Å². The number of ketones is 1. The monoisotopic (exact) mass is 270 g/mol. The summed E-state index contributed by atoms with van der Waals surface area (Å²) in [5.41, 5.74) is 1.12. The molecule has 0 aliphatic heterocycles. The molecule has 0 aliphatic rings. The third-order valence-electron chi connectivity index (χ3n) is 2.39. The van der Waals surface area contributed by atoms with Crippen molar-refractivity contribution in [1.29, 1.82) is 0 Å². The van der Waals surface area contributed by atoms with Crippen molar-refractivity contribution in [3.8, 4) is 0 Å². The molecular weight excluding hydrogens is 256 g/mol. The van der Waals surface area contributed by atoms with Crippen LogP contribution in [0.15, 0.2) is 72.3 Å². The van der Waals surface area contributed by atoms with E-state index in [4.69, 9.17) is 4.74 Å². The van der Waals surface area contributed by atoms with Gasteiger partial charge in [-0.25, -0.2) is 0 Å². The van der Waals surface area contributed by atoms with Gasteiger partial charge in [0.25, 0.3) is 0 Å². The van der Waals surface area contributed by atoms with Gasteiger partial charge in [0.1, 0.15) is 6.61 Å². The predicted octanol–water partition coefficient (Wildman–Crippen LogP) is 4.22. The minimum atomic E-state index is 0.0164. The van der Waals surface area contributed by atoms with Gasteiger partial charge in [-0.15, -0.1) is 11.3 Å². The van der Waals surface area contributed by atoms with Crippen molar-refractivity contribution < 1.29 is 9.53 Å². The summed E-state index contributed by atoms with van der Waals surface area (Å²) in [4.78, 5) is 12.4. The lowest BCUT2D eigenvalue weighted by molar-refractivity contribution is 0.105. The predicted molar refractivity (Wildman–Crippen MR) is 78.2 cm³/mol. The Morgan fingerprint density at radius 3 is 2.68 bits per heavy atom. The van der Waals surface area contributed by atoms with E-state index in [1.54, 1.807) is 18.4 Å². The van der Waals surface area contributed by atoms with Crippen LogP contribution >= 0.6 is 11.3 Å². The molecule has 0 aliphatic carbocycles. The second-order valence-corrected chi connectivity index (χ2v) is 4.77. The first-order chi connectivity index (χ1) is 9.36. The average Bonchev–Trinajstić information content (AvgIpc) is 2.98. The van der Waals surface area contributed by atoms with Gasteiger partial charge in [-0.3, -0.25) is 4.79 Å². The zero-order valence-corrected chi connectivity index (χ0v) is 11.2. The van der Waals surface area contributed by atoms with Crippen LogP contribution in [0.5, 0.6) is 0 Å². The Kier molecular flexibility index (Phi) is 5.14. The number of carbonyl (C=O) groups is 1. The van der Waals surface area contributed by atoms with Crippen LogP contribution in [-0.2, 0) is 11.3 Å². The lowest BCUT2D eigenvalue weighted by Gasteiger charge is -1.99. The Morgan fingerprint density at radius 2 is 1.95 bits per heavy atom. The molecule has 0 N–H and O–H groups in total. The van der Waals surface area contributed by atoms with Crippen LogP contribution in [0.4, 0.5) is 0 Å². The minimum absolute atomic E-state index is 0.0164. The SMILES string of the molecule is O=C(/C=C/C=C/OCc1ccccc1)c1cccs1. The molecule has 1 aromatic heterocycles. The molecule has 2 rings (SSSR count). The van der Waals surface area contributed by atoms with Gasteiger partial charge >= 0.3 is 0 Å². The van der Waals surface area contributed by atoms with E-state index in [2.05, 4.69) is 0 Å². The second-order valence-electron chi connectivity index (χ2n) is 3.83. The summed E-state index contributed by atoms with van der Waals surface area (Å²) in [7, 11) is 0. The Bertz CT molecular complexity index is 554. The number of hydrogen-bond donors (Lipinski definition) is 0. The molecular formula is C16H14O2S. The molecule has 0 atom stereocenters. The molecule has 2 nitrogen and oxygen atoms in total. The highest BCUT2D eigenvalue weighted by Crippen LogP contribution is 2.09. The first-order valence-corrected chi connectivity index (χ1v) is 6.81. The molecule has 1 aromatic carbocycles. The van der Waals surface area contributed by atoms with Crippen molar-refractivity contribution in [2.45, 2.75) is 6.61 Å². The van der Waals surface area contributed by atoms with Gasteiger partial charge in [-0.05, 0) is 29.2 Å². The van der Waals surface area contributed by atoms with Crippen LogP contribution in [0.25, 0.3) is 0 Å². The molecule has 0 amide bonds. The van der Waals surface area contributed by atoms with Crippen LogP contribution in [0, 0.1) is 0 Å². The van der Waals surface area contributed by atoms with Gasteiger partial charge in [-0.2, -0.15) is 0 Å². The summed E-state index contributed by atoms with van der Waals surface area (Å²) in [5, 5.41) is 1.89. The standard InChI is InChI=1S/C16H14O2S/c17-15(16-10-6-12-19-16)9-4-5-11-18-13-14-7-2-1-3-8-14/h1-12H,13H2/b9-4+,11-5+. The summed E-state index contributed by atoms with van der Waals surface area (Å²) in [6.07, 6.45) is 6.53. The third kappa shape index (κ3) is 4.56. The molecule has 0 saturated heterocycles. The van der Waals surface area contributed by atoms with Crippen molar-refractivity contribution in [1.82, 2.24) is 0 Å². The average molecular weight is 270 g/mol. The molecule has 0 fully saturated rings. The van der Waals surface area contributed by atoms with Crippen molar-refractivity contribution in [3.05, 3.63) is 82.8 Å². The Hall–Kier alpha value is -2.13. The fourth-order valence-corrected chi connectivity index (χ4v) is 2.11. The maximum Gasteiger partial charge on any atom is 0.195 e. The van der Waals surface area contributed by atoms with Crippen LogP contribution in [-0.4, -0.2) is 5.78 Å². The fraction of sp³-hybridized carbons (Fsp3) is 0.0625. The lowest BCUT2D eigenvalue weighted by atomic mass is 10.2. The molecule has 19 heavy (non-hydrogen) atoms. The van der Waals surface area contributed by atoms with Gasteiger partial charge in [0.05, 0.1) is 11.1 Å². The van der Waals surface area contributed by atoms with Gasteiger partial charge in [0.2, 0.25) is 0 Å². The Labute approximate surface area is 116 Å². The van der Waals surface area contributed by atoms with Gasteiger partial charge in [-0.1, -0.05) is 42.5 Å². The fourth-order valence-electron chi connectivity index (χ4n) is 1.46. The normalized spacial score (nSPS) is 11.2. The van der Waals surface area contributed by atoms with E-state index in [-0.39, 0.29) is 5.78 Å². The maximum atomic E-state index is 11.6. The van der Waals surface area contributed by atoms with E-state index < -0.39 is 0 Å². The third-order valence-corrected chi connectivity index (χ3v) is 3.27. The van der Waals surface area contributed by atoms with Crippen molar-refractivity contribution in [2.75, 3.05) is 0 Å². The van der Waals surface area contributed by atoms with E-state index in [9.17, 15) is 4.79 Å². The number of thiophene rings is 1. The summed E-state index contributed by atoms with van der Waals surface area (Å²) < 4.78 is 5.35. The van der Waals surface area contributed by atoms with Crippen LogP contribution in [0.3, 0.4) is 0 Å². The van der Waals surface area contributed by atoms with E-state index >= 15 is 0 Å². The van der Waals surface area contributed by atoms with Crippen LogP contribution in [0.2, 0.25) is 0 Å². The first kappa shape index (κ1) is 13.3. The molecule has 3 heteroatoms.